The summed E-state index contributed by atoms with van der Waals surface area (Å²) < 4.78 is 23.0. The number of hydrogen-bond donors (Lipinski definition) is 15. The topological polar surface area (TPSA) is 393 Å². The van der Waals surface area contributed by atoms with E-state index in [1.807, 2.05) is 0 Å². The van der Waals surface area contributed by atoms with Crippen molar-refractivity contribution in [2.24, 2.45) is 28.7 Å². The largest absolute Gasteiger partial charge is 0.389 e. The lowest BCUT2D eigenvalue weighted by atomic mass is 9.84. The van der Waals surface area contributed by atoms with E-state index in [1.165, 1.54) is 0 Å². The third kappa shape index (κ3) is 12.0. The lowest BCUT2D eigenvalue weighted by Crippen LogP contribution is -2.68. The van der Waals surface area contributed by atoms with Crippen LogP contribution in [0.1, 0.15) is 24.8 Å². The Morgan fingerprint density at radius 2 is 1.33 bits per heavy atom. The van der Waals surface area contributed by atoms with Gasteiger partial charge in [0.25, 0.3) is 0 Å². The Morgan fingerprint density at radius 1 is 0.754 bits per heavy atom. The lowest BCUT2D eigenvalue weighted by Gasteiger charge is -2.48. The van der Waals surface area contributed by atoms with Crippen LogP contribution in [0.2, 0.25) is 0 Å². The van der Waals surface area contributed by atoms with Gasteiger partial charge in [-0.25, -0.2) is 0 Å². The maximum atomic E-state index is 13.0. The predicted octanol–water partition coefficient (Wildman–Crippen LogP) is -7.76. The number of aliphatic hydroxyl groups is 6. The van der Waals surface area contributed by atoms with Crippen LogP contribution in [0.5, 0.6) is 0 Å². The fraction of sp³-hybridized carbons (Fsp3) is 0.706. The zero-order chi connectivity index (χ0) is 42.1. The molecule has 0 bridgehead atoms. The Kier molecular flexibility index (Phi) is 17.4. The summed E-state index contributed by atoms with van der Waals surface area (Å²) in [5, 5.41) is 71.3. The van der Waals surface area contributed by atoms with Crippen molar-refractivity contribution in [3.63, 3.8) is 0 Å². The first kappa shape index (κ1) is 46.6. The van der Waals surface area contributed by atoms with Crippen LogP contribution in [-0.4, -0.2) is 177 Å². The van der Waals surface area contributed by atoms with E-state index in [4.69, 9.17) is 47.6 Å². The number of carbonyl (C=O) groups is 4. The molecule has 4 rings (SSSR count). The predicted molar refractivity (Wildman–Crippen MR) is 200 cm³/mol. The second-order valence-corrected chi connectivity index (χ2v) is 14.7. The van der Waals surface area contributed by atoms with Crippen LogP contribution in [0.3, 0.4) is 0 Å². The molecule has 2 aliphatic heterocycles. The Morgan fingerprint density at radius 3 is 1.91 bits per heavy atom. The summed E-state index contributed by atoms with van der Waals surface area (Å²) >= 11 is 4.03. The second-order valence-electron chi connectivity index (χ2n) is 14.4. The summed E-state index contributed by atoms with van der Waals surface area (Å²) in [6.45, 7) is -0.586. The molecule has 0 spiro atoms. The molecule has 0 aromatic heterocycles. The van der Waals surface area contributed by atoms with E-state index in [9.17, 15) is 49.8 Å². The summed E-state index contributed by atoms with van der Waals surface area (Å²) in [6.07, 6.45) is -18.5. The Labute approximate surface area is 333 Å². The number of thiol groups is 1. The average Bonchev–Trinajstić information content (AvgIpc) is 3.18. The molecule has 23 heteroatoms. The second kappa shape index (κ2) is 21.2. The molecule has 2 heterocycles. The zero-order valence-electron chi connectivity index (χ0n) is 30.9. The quantitative estimate of drug-likeness (QED) is 0.0648. The number of aliphatic hydroxyl groups excluding tert-OH is 6. The molecule has 19 N–H and O–H groups in total. The van der Waals surface area contributed by atoms with Gasteiger partial charge in [-0.05, 0) is 12.0 Å². The van der Waals surface area contributed by atoms with Gasteiger partial charge in [-0.15, -0.1) is 0 Å². The van der Waals surface area contributed by atoms with Crippen molar-refractivity contribution in [1.29, 1.82) is 0 Å². The third-order valence-corrected chi connectivity index (χ3v) is 10.5. The highest BCUT2D eigenvalue weighted by molar-refractivity contribution is 7.80. The van der Waals surface area contributed by atoms with Gasteiger partial charge in [0.2, 0.25) is 23.6 Å². The molecule has 1 aliphatic carbocycles. The summed E-state index contributed by atoms with van der Waals surface area (Å²) in [5.74, 6) is -2.86. The first-order chi connectivity index (χ1) is 27.0. The fourth-order valence-electron chi connectivity index (χ4n) is 6.75. The lowest BCUT2D eigenvalue weighted by molar-refractivity contribution is -0.330. The van der Waals surface area contributed by atoms with Crippen LogP contribution >= 0.6 is 12.6 Å². The minimum absolute atomic E-state index is 0.00745. The summed E-state index contributed by atoms with van der Waals surface area (Å²) in [5.41, 5.74) is 30.2. The monoisotopic (exact) mass is 832 g/mol. The van der Waals surface area contributed by atoms with Gasteiger partial charge in [0.15, 0.2) is 12.6 Å². The number of nitrogens with one attached hydrogen (secondary N) is 3. The highest BCUT2D eigenvalue weighted by Crippen LogP contribution is 2.31. The number of nitrogens with two attached hydrogens (primary N) is 5. The Bertz CT molecular complexity index is 1490. The van der Waals surface area contributed by atoms with Gasteiger partial charge >= 0.3 is 0 Å². The molecule has 22 nitrogen and oxygen atoms in total. The van der Waals surface area contributed by atoms with Crippen molar-refractivity contribution in [1.82, 2.24) is 16.0 Å². The zero-order valence-corrected chi connectivity index (χ0v) is 31.8. The van der Waals surface area contributed by atoms with Crippen LogP contribution in [0.15, 0.2) is 30.3 Å². The Hall–Kier alpha value is -3.11. The van der Waals surface area contributed by atoms with Crippen molar-refractivity contribution >= 4 is 36.3 Å². The smallest absolute Gasteiger partial charge is 0.243 e. The molecule has 17 atom stereocenters. The van der Waals surface area contributed by atoms with Crippen molar-refractivity contribution in [3.8, 4) is 0 Å². The molecule has 3 aliphatic rings. The first-order valence-electron chi connectivity index (χ1n) is 18.4. The van der Waals surface area contributed by atoms with E-state index >= 15 is 0 Å². The van der Waals surface area contributed by atoms with Crippen LogP contribution < -0.4 is 44.6 Å². The number of carbonyl (C=O) groups excluding carboxylic acids is 4. The molecule has 0 radical (unpaired) electrons. The highest BCUT2D eigenvalue weighted by atomic mass is 32.1. The van der Waals surface area contributed by atoms with Gasteiger partial charge in [0.05, 0.1) is 12.1 Å². The van der Waals surface area contributed by atoms with Gasteiger partial charge in [0, 0.05) is 50.2 Å². The summed E-state index contributed by atoms with van der Waals surface area (Å²) in [7, 11) is 0. The van der Waals surface area contributed by atoms with E-state index in [1.54, 1.807) is 30.3 Å². The normalized spacial score (nSPS) is 36.7. The van der Waals surface area contributed by atoms with E-state index in [0.717, 1.165) is 0 Å². The molecular weight excluding hydrogens is 776 g/mol. The fourth-order valence-corrected chi connectivity index (χ4v) is 7.02. The highest BCUT2D eigenvalue weighted by Gasteiger charge is 2.51. The molecule has 3 fully saturated rings. The van der Waals surface area contributed by atoms with Crippen LogP contribution in [-0.2, 0) is 44.5 Å². The van der Waals surface area contributed by atoms with Gasteiger partial charge in [0.1, 0.15) is 67.0 Å². The molecule has 2 saturated heterocycles. The van der Waals surface area contributed by atoms with E-state index < -0.39 is 127 Å². The van der Waals surface area contributed by atoms with Crippen molar-refractivity contribution < 1.29 is 68.8 Å². The number of rotatable bonds is 17. The maximum absolute atomic E-state index is 13.0. The van der Waals surface area contributed by atoms with E-state index in [0.29, 0.717) is 5.56 Å². The minimum Gasteiger partial charge on any atom is -0.389 e. The molecular formula is C34H56N8O14S. The summed E-state index contributed by atoms with van der Waals surface area (Å²) in [6, 6.07) is 3.32. The number of hydrogen-bond acceptors (Lipinski definition) is 19. The van der Waals surface area contributed by atoms with Gasteiger partial charge in [-0.1, -0.05) is 30.3 Å². The molecule has 1 aromatic rings. The molecule has 0 unspecified atom stereocenters. The SMILES string of the molecule is NC[C@H]1O[C@H](O[C@H]2[C@H](O)[C@@H](O[C@H]3O[C@H](CNC(=O)CCC(=O)N[C@@H](Cc4ccccc4)C(=O)N[C@@H](CS)C(N)=O)[C@@H](O)[C@H](N)[C@H]3O)[C@H](N)C[C@@H]2N)[C@H](O)[C@@H](O)[C@@H]1O. The average molecular weight is 833 g/mol. The number of ether oxygens (including phenoxy) is 4. The van der Waals surface area contributed by atoms with Crippen LogP contribution in [0, 0.1) is 0 Å². The molecule has 322 valence electrons. The van der Waals surface area contributed by atoms with Crippen LogP contribution in [0.25, 0.3) is 0 Å². The van der Waals surface area contributed by atoms with Gasteiger partial charge < -0.3 is 94.2 Å². The number of benzene rings is 1. The van der Waals surface area contributed by atoms with E-state index in [-0.39, 0.29) is 44.5 Å². The number of primary amides is 1. The number of amides is 4. The van der Waals surface area contributed by atoms with Gasteiger partial charge in [-0.3, -0.25) is 19.2 Å². The molecule has 57 heavy (non-hydrogen) atoms. The van der Waals surface area contributed by atoms with Gasteiger partial charge in [-0.2, -0.15) is 12.6 Å². The molecule has 1 aromatic carbocycles. The maximum Gasteiger partial charge on any atom is 0.243 e. The van der Waals surface area contributed by atoms with Crippen molar-refractivity contribution in [3.05, 3.63) is 35.9 Å². The summed E-state index contributed by atoms with van der Waals surface area (Å²) in [4.78, 5) is 50.4. The van der Waals surface area contributed by atoms with Crippen molar-refractivity contribution in [2.45, 2.75) is 130 Å². The van der Waals surface area contributed by atoms with Crippen molar-refractivity contribution in [2.75, 3.05) is 18.8 Å². The molecule has 4 amide bonds. The third-order valence-electron chi connectivity index (χ3n) is 10.2. The molecule has 1 saturated carbocycles. The van der Waals surface area contributed by atoms with Crippen LogP contribution in [0.4, 0.5) is 0 Å². The first-order valence-corrected chi connectivity index (χ1v) is 19.1. The standard InChI is InChI=1S/C34H56N8O14S/c35-10-18-24(46)26(48)27(49)34(53-18)56-30-15(37)9-14(36)29(28(30)50)55-33-25(47)22(38)23(45)19(54-33)11-40-20(43)6-7-21(44)41-16(8-13-4-2-1-3-5-13)32(52)42-17(12-57)31(39)51/h1-5,14-19,22-30,33-34,45-50,57H,6-12,35-38H2,(H2,39,51)(H,40,43)(H,41,44)(H,42,52)/t14-,15+,16+,17+,18-,19-,22+,23-,24-,25-,26+,27-,28-,29+,30-,33-,34-/m1/s1. The Balaban J connectivity index is 1.33. The minimum atomic E-state index is -1.74. The van der Waals surface area contributed by atoms with E-state index in [2.05, 4.69) is 28.6 Å².